The second kappa shape index (κ2) is 4.53. The zero-order valence-corrected chi connectivity index (χ0v) is 9.76. The second-order valence-electron chi connectivity index (χ2n) is 5.52. The third kappa shape index (κ3) is 2.52. The fourth-order valence-electron chi connectivity index (χ4n) is 3.28. The molecule has 2 aliphatic carbocycles. The molecule has 84 valence electrons. The molecule has 0 bridgehead atoms. The van der Waals surface area contributed by atoms with E-state index < -0.39 is 0 Å². The average molecular weight is 206 g/mol. The molecule has 15 heavy (non-hydrogen) atoms. The lowest BCUT2D eigenvalue weighted by Gasteiger charge is -2.37. The Morgan fingerprint density at radius 3 is 2.53 bits per heavy atom. The van der Waals surface area contributed by atoms with E-state index >= 15 is 0 Å². The molecule has 0 aromatic rings. The first kappa shape index (κ1) is 11.0. The number of nitrogens with one attached hydrogen (secondary N) is 1. The maximum absolute atomic E-state index is 9.41. The van der Waals surface area contributed by atoms with Gasteiger partial charge in [-0.25, -0.2) is 0 Å². The van der Waals surface area contributed by atoms with Crippen LogP contribution in [0.4, 0.5) is 0 Å². The first-order valence-electron chi connectivity index (χ1n) is 6.43. The van der Waals surface area contributed by atoms with Gasteiger partial charge >= 0.3 is 0 Å². The van der Waals surface area contributed by atoms with E-state index in [0.717, 1.165) is 12.8 Å². The van der Waals surface area contributed by atoms with Crippen LogP contribution in [0.5, 0.6) is 0 Å². The highest BCUT2D eigenvalue weighted by atomic mass is 15.0. The maximum Gasteiger partial charge on any atom is 0.107 e. The minimum absolute atomic E-state index is 0.188. The van der Waals surface area contributed by atoms with Gasteiger partial charge in [-0.1, -0.05) is 32.6 Å². The summed E-state index contributed by atoms with van der Waals surface area (Å²) >= 11 is 0. The van der Waals surface area contributed by atoms with Crippen LogP contribution in [-0.4, -0.2) is 11.6 Å². The van der Waals surface area contributed by atoms with Gasteiger partial charge in [0.15, 0.2) is 0 Å². The zero-order valence-electron chi connectivity index (χ0n) is 9.76. The van der Waals surface area contributed by atoms with Crippen LogP contribution in [-0.2, 0) is 0 Å². The van der Waals surface area contributed by atoms with Gasteiger partial charge in [-0.3, -0.25) is 5.32 Å². The SMILES string of the molecule is CC1CCCC(C#N)(NC2CCCC2)C1. The van der Waals surface area contributed by atoms with Crippen molar-refractivity contribution in [2.45, 2.75) is 69.9 Å². The van der Waals surface area contributed by atoms with Crippen LogP contribution in [0.15, 0.2) is 0 Å². The molecule has 2 atom stereocenters. The van der Waals surface area contributed by atoms with E-state index in [2.05, 4.69) is 18.3 Å². The molecular formula is C13H22N2. The quantitative estimate of drug-likeness (QED) is 0.754. The van der Waals surface area contributed by atoms with Crippen molar-refractivity contribution in [2.24, 2.45) is 5.92 Å². The lowest BCUT2D eigenvalue weighted by Crippen LogP contribution is -2.51. The summed E-state index contributed by atoms with van der Waals surface area (Å²) in [7, 11) is 0. The van der Waals surface area contributed by atoms with Gasteiger partial charge in [-0.15, -0.1) is 0 Å². The van der Waals surface area contributed by atoms with E-state index in [1.54, 1.807) is 0 Å². The highest BCUT2D eigenvalue weighted by Gasteiger charge is 2.37. The fourth-order valence-corrected chi connectivity index (χ4v) is 3.28. The summed E-state index contributed by atoms with van der Waals surface area (Å²) in [6, 6.07) is 3.18. The number of rotatable bonds is 2. The molecule has 0 radical (unpaired) electrons. The molecule has 0 aliphatic heterocycles. The average Bonchev–Trinajstić information content (AvgIpc) is 2.70. The van der Waals surface area contributed by atoms with Gasteiger partial charge in [-0.05, 0) is 31.6 Å². The van der Waals surface area contributed by atoms with E-state index in [4.69, 9.17) is 0 Å². The van der Waals surface area contributed by atoms with Gasteiger partial charge < -0.3 is 0 Å². The Morgan fingerprint density at radius 1 is 1.20 bits per heavy atom. The highest BCUT2D eigenvalue weighted by molar-refractivity contribution is 5.10. The lowest BCUT2D eigenvalue weighted by molar-refractivity contribution is 0.221. The van der Waals surface area contributed by atoms with Crippen LogP contribution >= 0.6 is 0 Å². The van der Waals surface area contributed by atoms with Crippen LogP contribution in [0.2, 0.25) is 0 Å². The first-order valence-corrected chi connectivity index (χ1v) is 6.43. The third-order valence-corrected chi connectivity index (χ3v) is 4.05. The monoisotopic (exact) mass is 206 g/mol. The second-order valence-corrected chi connectivity index (χ2v) is 5.52. The Labute approximate surface area is 93.0 Å². The summed E-state index contributed by atoms with van der Waals surface area (Å²) in [5.74, 6) is 0.715. The molecule has 0 amide bonds. The summed E-state index contributed by atoms with van der Waals surface area (Å²) in [6.45, 7) is 2.28. The van der Waals surface area contributed by atoms with Gasteiger partial charge in [-0.2, -0.15) is 5.26 Å². The molecule has 0 aromatic heterocycles. The van der Waals surface area contributed by atoms with E-state index in [1.165, 1.54) is 38.5 Å². The Morgan fingerprint density at radius 2 is 1.93 bits per heavy atom. The van der Waals surface area contributed by atoms with Gasteiger partial charge in [0.25, 0.3) is 0 Å². The molecular weight excluding hydrogens is 184 g/mol. The summed E-state index contributed by atoms with van der Waals surface area (Å²) in [4.78, 5) is 0. The van der Waals surface area contributed by atoms with Crippen molar-refractivity contribution in [3.8, 4) is 6.07 Å². The number of hydrogen-bond donors (Lipinski definition) is 1. The number of nitriles is 1. The minimum atomic E-state index is -0.188. The Hall–Kier alpha value is -0.550. The number of nitrogens with zero attached hydrogens (tertiary/aromatic N) is 1. The Balaban J connectivity index is 1.97. The van der Waals surface area contributed by atoms with Gasteiger partial charge in [0.2, 0.25) is 0 Å². The third-order valence-electron chi connectivity index (χ3n) is 4.05. The van der Waals surface area contributed by atoms with E-state index in [9.17, 15) is 5.26 Å². The van der Waals surface area contributed by atoms with Crippen molar-refractivity contribution in [1.82, 2.24) is 5.32 Å². The van der Waals surface area contributed by atoms with Crippen LogP contribution in [0, 0.1) is 17.2 Å². The van der Waals surface area contributed by atoms with Crippen molar-refractivity contribution in [1.29, 1.82) is 5.26 Å². The summed E-state index contributed by atoms with van der Waals surface area (Å²) in [5, 5.41) is 13.1. The lowest BCUT2D eigenvalue weighted by atomic mass is 9.77. The molecule has 2 unspecified atom stereocenters. The molecule has 2 aliphatic rings. The van der Waals surface area contributed by atoms with Crippen molar-refractivity contribution in [3.05, 3.63) is 0 Å². The standard InChI is InChI=1S/C13H22N2/c1-11-5-4-8-13(9-11,10-14)15-12-6-2-3-7-12/h11-12,15H,2-9H2,1H3. The Kier molecular flexibility index (Phi) is 3.31. The molecule has 0 aromatic carbocycles. The molecule has 0 heterocycles. The summed E-state index contributed by atoms with van der Waals surface area (Å²) < 4.78 is 0. The van der Waals surface area contributed by atoms with E-state index in [-0.39, 0.29) is 5.54 Å². The number of hydrogen-bond acceptors (Lipinski definition) is 2. The minimum Gasteiger partial charge on any atom is -0.297 e. The van der Waals surface area contributed by atoms with Crippen LogP contribution in [0.3, 0.4) is 0 Å². The van der Waals surface area contributed by atoms with Crippen molar-refractivity contribution < 1.29 is 0 Å². The van der Waals surface area contributed by atoms with Gasteiger partial charge in [0, 0.05) is 6.04 Å². The first-order chi connectivity index (χ1) is 7.24. The largest absolute Gasteiger partial charge is 0.297 e. The van der Waals surface area contributed by atoms with Crippen LogP contribution in [0.1, 0.15) is 58.3 Å². The molecule has 0 spiro atoms. The fraction of sp³-hybridized carbons (Fsp3) is 0.923. The predicted molar refractivity (Wildman–Crippen MR) is 61.4 cm³/mol. The van der Waals surface area contributed by atoms with Crippen LogP contribution in [0.25, 0.3) is 0 Å². The van der Waals surface area contributed by atoms with E-state index in [1.807, 2.05) is 0 Å². The molecule has 0 saturated heterocycles. The Bertz CT molecular complexity index is 250. The highest BCUT2D eigenvalue weighted by Crippen LogP contribution is 2.33. The molecule has 2 heteroatoms. The molecule has 1 N–H and O–H groups in total. The van der Waals surface area contributed by atoms with Gasteiger partial charge in [0.05, 0.1) is 6.07 Å². The van der Waals surface area contributed by atoms with Crippen molar-refractivity contribution in [2.75, 3.05) is 0 Å². The normalized spacial score (nSPS) is 37.7. The molecule has 2 rings (SSSR count). The molecule has 2 saturated carbocycles. The summed E-state index contributed by atoms with van der Waals surface area (Å²) in [6.07, 6.45) is 9.87. The summed E-state index contributed by atoms with van der Waals surface area (Å²) in [5.41, 5.74) is -0.188. The topological polar surface area (TPSA) is 35.8 Å². The smallest absolute Gasteiger partial charge is 0.107 e. The van der Waals surface area contributed by atoms with E-state index in [0.29, 0.717) is 12.0 Å². The van der Waals surface area contributed by atoms with Crippen molar-refractivity contribution in [3.63, 3.8) is 0 Å². The van der Waals surface area contributed by atoms with Crippen molar-refractivity contribution >= 4 is 0 Å². The molecule has 2 fully saturated rings. The maximum atomic E-state index is 9.41. The zero-order chi connectivity index (χ0) is 10.7. The van der Waals surface area contributed by atoms with Gasteiger partial charge in [0.1, 0.15) is 5.54 Å². The molecule has 2 nitrogen and oxygen atoms in total. The van der Waals surface area contributed by atoms with Crippen LogP contribution < -0.4 is 5.32 Å². The predicted octanol–water partition coefficient (Wildman–Crippen LogP) is 2.99.